The number of carbonyl (C=O) groups excluding carboxylic acids is 2. The van der Waals surface area contributed by atoms with Crippen molar-refractivity contribution in [3.05, 3.63) is 70.3 Å². The fourth-order valence-electron chi connectivity index (χ4n) is 2.97. The predicted molar refractivity (Wildman–Crippen MR) is 95.6 cm³/mol. The van der Waals surface area contributed by atoms with Gasteiger partial charge in [-0.25, -0.2) is 4.79 Å². The van der Waals surface area contributed by atoms with Gasteiger partial charge in [-0.05, 0) is 11.6 Å². The summed E-state index contributed by atoms with van der Waals surface area (Å²) in [4.78, 5) is 37.0. The minimum absolute atomic E-state index is 0.123. The zero-order chi connectivity index (χ0) is 18.5. The van der Waals surface area contributed by atoms with Crippen LogP contribution in [-0.4, -0.2) is 34.9 Å². The molecule has 134 valence electrons. The summed E-state index contributed by atoms with van der Waals surface area (Å²) in [6, 6.07) is 14.3. The lowest BCUT2D eigenvalue weighted by molar-refractivity contribution is -0.383. The highest BCUT2D eigenvalue weighted by Crippen LogP contribution is 2.28. The third-order valence-electron chi connectivity index (χ3n) is 4.22. The number of hydrogen-bond donors (Lipinski definition) is 2. The molecule has 8 nitrogen and oxygen atoms in total. The van der Waals surface area contributed by atoms with Gasteiger partial charge in [0.1, 0.15) is 5.69 Å². The van der Waals surface area contributed by atoms with E-state index in [-0.39, 0.29) is 23.7 Å². The van der Waals surface area contributed by atoms with Crippen LogP contribution in [0.1, 0.15) is 18.0 Å². The smallest absolute Gasteiger partial charge is 0.322 e. The van der Waals surface area contributed by atoms with Crippen molar-refractivity contribution in [1.82, 2.24) is 10.2 Å². The van der Waals surface area contributed by atoms with Gasteiger partial charge in [-0.2, -0.15) is 0 Å². The molecule has 3 amide bonds. The molecule has 2 N–H and O–H groups in total. The summed E-state index contributed by atoms with van der Waals surface area (Å²) < 4.78 is 0. The van der Waals surface area contributed by atoms with Gasteiger partial charge < -0.3 is 15.5 Å². The Morgan fingerprint density at radius 2 is 1.85 bits per heavy atom. The fourth-order valence-corrected chi connectivity index (χ4v) is 2.97. The quantitative estimate of drug-likeness (QED) is 0.653. The zero-order valence-corrected chi connectivity index (χ0v) is 13.9. The molecule has 26 heavy (non-hydrogen) atoms. The van der Waals surface area contributed by atoms with Crippen molar-refractivity contribution in [3.63, 3.8) is 0 Å². The molecule has 2 aromatic carbocycles. The van der Waals surface area contributed by atoms with Gasteiger partial charge in [0, 0.05) is 19.2 Å². The van der Waals surface area contributed by atoms with Gasteiger partial charge in [-0.3, -0.25) is 14.9 Å². The highest BCUT2D eigenvalue weighted by Gasteiger charge is 2.30. The summed E-state index contributed by atoms with van der Waals surface area (Å²) in [5.74, 6) is -0.139. The third-order valence-corrected chi connectivity index (χ3v) is 4.22. The summed E-state index contributed by atoms with van der Waals surface area (Å²) in [5, 5.41) is 16.5. The number of nitro benzene ring substituents is 1. The summed E-state index contributed by atoms with van der Waals surface area (Å²) >= 11 is 0. The van der Waals surface area contributed by atoms with E-state index in [9.17, 15) is 19.7 Å². The molecule has 3 rings (SSSR count). The number of carbonyl (C=O) groups is 2. The van der Waals surface area contributed by atoms with Crippen LogP contribution in [0, 0.1) is 10.1 Å². The van der Waals surface area contributed by atoms with Gasteiger partial charge in [0.05, 0.1) is 17.4 Å². The average Bonchev–Trinajstić information content (AvgIpc) is 2.84. The number of benzene rings is 2. The van der Waals surface area contributed by atoms with Crippen molar-refractivity contribution in [2.75, 3.05) is 18.4 Å². The number of urea groups is 1. The summed E-state index contributed by atoms with van der Waals surface area (Å²) in [6.07, 6.45) is 0.133. The molecule has 1 saturated heterocycles. The monoisotopic (exact) mass is 354 g/mol. The lowest BCUT2D eigenvalue weighted by Gasteiger charge is -2.29. The normalized spacial score (nSPS) is 17.2. The van der Waals surface area contributed by atoms with E-state index in [1.165, 1.54) is 23.1 Å². The van der Waals surface area contributed by atoms with Crippen molar-refractivity contribution in [1.29, 1.82) is 0 Å². The van der Waals surface area contributed by atoms with Gasteiger partial charge in [0.15, 0.2) is 0 Å². The number of amides is 3. The molecule has 0 saturated carbocycles. The molecular weight excluding hydrogens is 336 g/mol. The van der Waals surface area contributed by atoms with Crippen LogP contribution in [0.5, 0.6) is 0 Å². The molecular formula is C18H18N4O4. The SMILES string of the molecule is O=C1CC(c2ccccc2)N(C(=O)Nc2ccccc2[N+](=O)[O-])CCN1. The topological polar surface area (TPSA) is 105 Å². The maximum absolute atomic E-state index is 12.8. The first-order valence-electron chi connectivity index (χ1n) is 8.19. The predicted octanol–water partition coefficient (Wildman–Crippen LogP) is 2.69. The Morgan fingerprint density at radius 1 is 1.15 bits per heavy atom. The van der Waals surface area contributed by atoms with Gasteiger partial charge in [-0.15, -0.1) is 0 Å². The Labute approximate surface area is 150 Å². The Hall–Kier alpha value is -3.42. The largest absolute Gasteiger partial charge is 0.354 e. The molecule has 0 aliphatic carbocycles. The van der Waals surface area contributed by atoms with Crippen LogP contribution in [0.3, 0.4) is 0 Å². The number of anilines is 1. The number of hydrogen-bond acceptors (Lipinski definition) is 4. The molecule has 2 aromatic rings. The Morgan fingerprint density at radius 3 is 2.58 bits per heavy atom. The minimum Gasteiger partial charge on any atom is -0.354 e. The summed E-state index contributed by atoms with van der Waals surface area (Å²) in [5.41, 5.74) is 0.779. The molecule has 8 heteroatoms. The van der Waals surface area contributed by atoms with E-state index >= 15 is 0 Å². The van der Waals surface area contributed by atoms with Crippen LogP contribution in [0.25, 0.3) is 0 Å². The lowest BCUT2D eigenvalue weighted by Crippen LogP contribution is -2.39. The first kappa shape index (κ1) is 17.4. The van der Waals surface area contributed by atoms with Crippen molar-refractivity contribution >= 4 is 23.3 Å². The highest BCUT2D eigenvalue weighted by atomic mass is 16.6. The molecule has 1 aliphatic rings. The van der Waals surface area contributed by atoms with Crippen molar-refractivity contribution in [2.24, 2.45) is 0 Å². The maximum Gasteiger partial charge on any atom is 0.322 e. The molecule has 1 atom stereocenters. The van der Waals surface area contributed by atoms with Crippen molar-refractivity contribution in [2.45, 2.75) is 12.5 Å². The molecule has 1 heterocycles. The number of nitro groups is 1. The van der Waals surface area contributed by atoms with Crippen molar-refractivity contribution in [3.8, 4) is 0 Å². The van der Waals surface area contributed by atoms with Gasteiger partial charge >= 0.3 is 6.03 Å². The van der Waals surface area contributed by atoms with Crippen LogP contribution < -0.4 is 10.6 Å². The van der Waals surface area contributed by atoms with E-state index in [0.717, 1.165) is 5.56 Å². The average molecular weight is 354 g/mol. The fraction of sp³-hybridized carbons (Fsp3) is 0.222. The van der Waals surface area contributed by atoms with Crippen molar-refractivity contribution < 1.29 is 14.5 Å². The lowest BCUT2D eigenvalue weighted by atomic mass is 10.0. The van der Waals surface area contributed by atoms with E-state index in [1.807, 2.05) is 30.3 Å². The van der Waals surface area contributed by atoms with Crippen LogP contribution >= 0.6 is 0 Å². The number of nitrogens with one attached hydrogen (secondary N) is 2. The first-order valence-corrected chi connectivity index (χ1v) is 8.19. The second-order valence-corrected chi connectivity index (χ2v) is 5.88. The zero-order valence-electron chi connectivity index (χ0n) is 13.9. The molecule has 0 radical (unpaired) electrons. The molecule has 1 aliphatic heterocycles. The summed E-state index contributed by atoms with van der Waals surface area (Å²) in [7, 11) is 0. The Kier molecular flexibility index (Phi) is 5.12. The second-order valence-electron chi connectivity index (χ2n) is 5.88. The number of nitrogens with zero attached hydrogens (tertiary/aromatic N) is 2. The maximum atomic E-state index is 12.8. The van der Waals surface area contributed by atoms with Crippen LogP contribution in [0.2, 0.25) is 0 Å². The van der Waals surface area contributed by atoms with Crippen LogP contribution in [0.4, 0.5) is 16.2 Å². The second kappa shape index (κ2) is 7.64. The molecule has 0 bridgehead atoms. The molecule has 0 spiro atoms. The van der Waals surface area contributed by atoms with Crippen LogP contribution in [0.15, 0.2) is 54.6 Å². The van der Waals surface area contributed by atoms with Gasteiger partial charge in [-0.1, -0.05) is 42.5 Å². The Balaban J connectivity index is 1.88. The van der Waals surface area contributed by atoms with Crippen LogP contribution in [-0.2, 0) is 4.79 Å². The van der Waals surface area contributed by atoms with Gasteiger partial charge in [0.25, 0.3) is 5.69 Å². The highest BCUT2D eigenvalue weighted by molar-refractivity contribution is 5.92. The summed E-state index contributed by atoms with van der Waals surface area (Å²) in [6.45, 7) is 0.629. The van der Waals surface area contributed by atoms with E-state index in [2.05, 4.69) is 10.6 Å². The van der Waals surface area contributed by atoms with E-state index in [0.29, 0.717) is 13.1 Å². The first-order chi connectivity index (χ1) is 12.6. The van der Waals surface area contributed by atoms with E-state index in [1.54, 1.807) is 6.07 Å². The number of rotatable bonds is 3. The van der Waals surface area contributed by atoms with E-state index < -0.39 is 17.0 Å². The molecule has 1 unspecified atom stereocenters. The standard InChI is InChI=1S/C18H18N4O4/c23-17-12-16(13-6-2-1-3-7-13)21(11-10-19-17)18(24)20-14-8-4-5-9-15(14)22(25)26/h1-9,16H,10-12H2,(H,19,23)(H,20,24). The molecule has 0 aromatic heterocycles. The van der Waals surface area contributed by atoms with E-state index in [4.69, 9.17) is 0 Å². The minimum atomic E-state index is -0.544. The molecule has 1 fully saturated rings. The van der Waals surface area contributed by atoms with Gasteiger partial charge in [0.2, 0.25) is 5.91 Å². The number of para-hydroxylation sites is 2. The Bertz CT molecular complexity index is 825. The third kappa shape index (κ3) is 3.80.